The van der Waals surface area contributed by atoms with E-state index in [4.69, 9.17) is 4.74 Å². The van der Waals surface area contributed by atoms with E-state index in [1.54, 1.807) is 12.1 Å². The number of likely N-dealkylation sites (tertiary alicyclic amines) is 1. The van der Waals surface area contributed by atoms with Gasteiger partial charge in [-0.15, -0.1) is 0 Å². The Morgan fingerprint density at radius 1 is 1.20 bits per heavy atom. The molecule has 0 amide bonds. The van der Waals surface area contributed by atoms with Crippen LogP contribution in [0.3, 0.4) is 0 Å². The molecule has 4 rings (SSSR count). The van der Waals surface area contributed by atoms with E-state index in [0.717, 1.165) is 43.7 Å². The number of H-pyrrole nitrogens is 1. The van der Waals surface area contributed by atoms with E-state index in [1.807, 2.05) is 12.1 Å². The van der Waals surface area contributed by atoms with Gasteiger partial charge in [0.15, 0.2) is 0 Å². The van der Waals surface area contributed by atoms with Gasteiger partial charge in [-0.1, -0.05) is 18.2 Å². The van der Waals surface area contributed by atoms with Gasteiger partial charge in [-0.2, -0.15) is 5.10 Å². The lowest BCUT2D eigenvalue weighted by Gasteiger charge is -2.32. The summed E-state index contributed by atoms with van der Waals surface area (Å²) < 4.78 is 33.4. The molecule has 1 fully saturated rings. The molecule has 0 bridgehead atoms. The molecule has 5 nitrogen and oxygen atoms in total. The molecule has 1 aliphatic heterocycles. The zero-order chi connectivity index (χ0) is 21.1. The normalized spacial score (nSPS) is 17.1. The molecule has 3 aromatic rings. The van der Waals surface area contributed by atoms with E-state index >= 15 is 0 Å². The molecule has 1 aliphatic rings. The van der Waals surface area contributed by atoms with Gasteiger partial charge in [0.25, 0.3) is 0 Å². The first kappa shape index (κ1) is 20.2. The van der Waals surface area contributed by atoms with Crippen LogP contribution in [-0.4, -0.2) is 41.3 Å². The zero-order valence-corrected chi connectivity index (χ0v) is 16.7. The monoisotopic (exact) mass is 411 g/mol. The summed E-state index contributed by atoms with van der Waals surface area (Å²) in [7, 11) is 1.36. The van der Waals surface area contributed by atoms with Crippen LogP contribution < -0.4 is 0 Å². The molecule has 1 aromatic heterocycles. The number of nitrogens with zero attached hydrogens (tertiary/aromatic N) is 2. The van der Waals surface area contributed by atoms with Crippen LogP contribution in [0.25, 0.3) is 11.1 Å². The number of aromatic amines is 1. The fourth-order valence-electron chi connectivity index (χ4n) is 4.12. The number of carbonyl (C=O) groups is 1. The van der Waals surface area contributed by atoms with Crippen molar-refractivity contribution in [3.8, 4) is 11.1 Å². The maximum absolute atomic E-state index is 14.3. The number of esters is 1. The Morgan fingerprint density at radius 3 is 2.63 bits per heavy atom. The molecule has 0 saturated carbocycles. The number of halogens is 2. The van der Waals surface area contributed by atoms with Crippen LogP contribution in [0.5, 0.6) is 0 Å². The van der Waals surface area contributed by atoms with E-state index < -0.39 is 11.6 Å². The fourth-order valence-corrected chi connectivity index (χ4v) is 4.12. The maximum Gasteiger partial charge on any atom is 0.337 e. The Labute approximate surface area is 173 Å². The van der Waals surface area contributed by atoms with Gasteiger partial charge in [-0.3, -0.25) is 10.00 Å². The van der Waals surface area contributed by atoms with Crippen LogP contribution in [-0.2, 0) is 11.3 Å². The number of benzene rings is 2. The Kier molecular flexibility index (Phi) is 5.90. The van der Waals surface area contributed by atoms with Crippen molar-refractivity contribution in [1.82, 2.24) is 15.1 Å². The molecule has 2 heterocycles. The highest BCUT2D eigenvalue weighted by Crippen LogP contribution is 2.35. The second-order valence-corrected chi connectivity index (χ2v) is 7.56. The number of carbonyl (C=O) groups excluding carboxylic acids is 1. The lowest BCUT2D eigenvalue weighted by Crippen LogP contribution is -2.34. The van der Waals surface area contributed by atoms with Crippen molar-refractivity contribution in [1.29, 1.82) is 0 Å². The largest absolute Gasteiger partial charge is 0.465 e. The minimum atomic E-state index is -0.587. The maximum atomic E-state index is 14.3. The Morgan fingerprint density at radius 2 is 1.93 bits per heavy atom. The van der Waals surface area contributed by atoms with Crippen molar-refractivity contribution in [2.45, 2.75) is 25.3 Å². The molecule has 0 spiro atoms. The molecule has 1 N–H and O–H groups in total. The van der Waals surface area contributed by atoms with Crippen LogP contribution in [0, 0.1) is 11.6 Å². The van der Waals surface area contributed by atoms with Crippen LogP contribution in [0.4, 0.5) is 8.78 Å². The lowest BCUT2D eigenvalue weighted by molar-refractivity contribution is 0.0600. The fraction of sp³-hybridized carbons (Fsp3) is 0.304. The van der Waals surface area contributed by atoms with Gasteiger partial charge >= 0.3 is 5.97 Å². The molecule has 156 valence electrons. The van der Waals surface area contributed by atoms with E-state index in [2.05, 4.69) is 15.1 Å². The molecule has 0 aliphatic carbocycles. The van der Waals surface area contributed by atoms with E-state index in [9.17, 15) is 13.6 Å². The molecule has 1 saturated heterocycles. The Hall–Kier alpha value is -3.06. The van der Waals surface area contributed by atoms with Crippen molar-refractivity contribution >= 4 is 5.97 Å². The average Bonchev–Trinajstić information content (AvgIpc) is 3.23. The summed E-state index contributed by atoms with van der Waals surface area (Å²) >= 11 is 0. The zero-order valence-electron chi connectivity index (χ0n) is 16.7. The topological polar surface area (TPSA) is 58.2 Å². The van der Waals surface area contributed by atoms with Gasteiger partial charge in [-0.25, -0.2) is 13.6 Å². The average molecular weight is 411 g/mol. The van der Waals surface area contributed by atoms with E-state index in [-0.39, 0.29) is 17.5 Å². The van der Waals surface area contributed by atoms with Crippen molar-refractivity contribution in [2.24, 2.45) is 0 Å². The van der Waals surface area contributed by atoms with E-state index in [0.29, 0.717) is 11.1 Å². The first-order valence-electron chi connectivity index (χ1n) is 9.94. The molecule has 1 atom stereocenters. The first-order chi connectivity index (χ1) is 14.6. The standard InChI is InChI=1S/C23H23F2N3O2/c1-30-23(29)16-9-7-15(8-10-16)13-28-11-3-4-17(14-28)22-18(12-26-27-22)21-19(24)5-2-6-20(21)25/h2,5-10,12,17H,3-4,11,13-14H2,1H3,(H,26,27)/t17-/m1/s1. The number of piperidine rings is 1. The minimum Gasteiger partial charge on any atom is -0.465 e. The van der Waals surface area contributed by atoms with Crippen LogP contribution in [0.2, 0.25) is 0 Å². The summed E-state index contributed by atoms with van der Waals surface area (Å²) in [5, 5.41) is 7.06. The van der Waals surface area contributed by atoms with Gasteiger partial charge in [0.2, 0.25) is 0 Å². The highest BCUT2D eigenvalue weighted by Gasteiger charge is 2.27. The molecular formula is C23H23F2N3O2. The predicted octanol–water partition coefficient (Wildman–Crippen LogP) is 4.52. The van der Waals surface area contributed by atoms with Gasteiger partial charge in [-0.05, 0) is 49.2 Å². The van der Waals surface area contributed by atoms with Crippen molar-refractivity contribution in [2.75, 3.05) is 20.2 Å². The van der Waals surface area contributed by atoms with Crippen LogP contribution >= 0.6 is 0 Å². The molecule has 7 heteroatoms. The summed E-state index contributed by atoms with van der Waals surface area (Å²) in [5.74, 6) is -1.43. The molecule has 0 unspecified atom stereocenters. The third-order valence-electron chi connectivity index (χ3n) is 5.60. The summed E-state index contributed by atoms with van der Waals surface area (Å²) in [6, 6.07) is 11.3. The number of hydrogen-bond acceptors (Lipinski definition) is 4. The number of methoxy groups -OCH3 is 1. The van der Waals surface area contributed by atoms with Gasteiger partial charge < -0.3 is 4.74 Å². The third-order valence-corrected chi connectivity index (χ3v) is 5.60. The molecule has 0 radical (unpaired) electrons. The minimum absolute atomic E-state index is 0.0308. The Bertz CT molecular complexity index is 1010. The lowest BCUT2D eigenvalue weighted by atomic mass is 9.90. The van der Waals surface area contributed by atoms with Gasteiger partial charge in [0, 0.05) is 30.3 Å². The molecule has 30 heavy (non-hydrogen) atoms. The van der Waals surface area contributed by atoms with Gasteiger partial charge in [0.1, 0.15) is 11.6 Å². The second-order valence-electron chi connectivity index (χ2n) is 7.56. The van der Waals surface area contributed by atoms with Crippen molar-refractivity contribution in [3.05, 3.63) is 77.1 Å². The highest BCUT2D eigenvalue weighted by molar-refractivity contribution is 5.89. The number of nitrogens with one attached hydrogen (secondary N) is 1. The second kappa shape index (κ2) is 8.75. The number of rotatable bonds is 5. The molecule has 2 aromatic carbocycles. The SMILES string of the molecule is COC(=O)c1ccc(CN2CCC[C@@H](c3[nH]ncc3-c3c(F)cccc3F)C2)cc1. The van der Waals surface area contributed by atoms with Crippen molar-refractivity contribution < 1.29 is 18.3 Å². The summed E-state index contributed by atoms with van der Waals surface area (Å²) in [6.07, 6.45) is 3.40. The first-order valence-corrected chi connectivity index (χ1v) is 9.94. The summed E-state index contributed by atoms with van der Waals surface area (Å²) in [5.41, 5.74) is 2.83. The highest BCUT2D eigenvalue weighted by atomic mass is 19.1. The van der Waals surface area contributed by atoms with Gasteiger partial charge in [0.05, 0.1) is 24.4 Å². The smallest absolute Gasteiger partial charge is 0.337 e. The van der Waals surface area contributed by atoms with E-state index in [1.165, 1.54) is 31.5 Å². The van der Waals surface area contributed by atoms with Crippen LogP contribution in [0.1, 0.15) is 40.4 Å². The summed E-state index contributed by atoms with van der Waals surface area (Å²) in [6.45, 7) is 2.42. The number of aromatic nitrogens is 2. The number of ether oxygens (including phenoxy) is 1. The molecular weight excluding hydrogens is 388 g/mol. The number of hydrogen-bond donors (Lipinski definition) is 1. The van der Waals surface area contributed by atoms with Crippen molar-refractivity contribution in [3.63, 3.8) is 0 Å². The predicted molar refractivity (Wildman–Crippen MR) is 109 cm³/mol. The quantitative estimate of drug-likeness (QED) is 0.627. The van der Waals surface area contributed by atoms with Crippen LogP contribution in [0.15, 0.2) is 48.7 Å². The summed E-state index contributed by atoms with van der Waals surface area (Å²) in [4.78, 5) is 13.9. The Balaban J connectivity index is 1.50. The third kappa shape index (κ3) is 4.11.